The van der Waals surface area contributed by atoms with Crippen molar-refractivity contribution >= 4 is 12.1 Å². The molecule has 8 nitrogen and oxygen atoms in total. The monoisotopic (exact) mass is 495 g/mol. The molecule has 0 fully saturated rings. The number of benzene rings is 3. The molecule has 1 amide bonds. The Hall–Kier alpha value is -4.27. The number of carbonyl (C=O) groups is 2. The second-order valence-corrected chi connectivity index (χ2v) is 8.16. The third kappa shape index (κ3) is 5.35. The van der Waals surface area contributed by atoms with Gasteiger partial charge in [0.05, 0.1) is 20.3 Å². The fraction of sp³-hybridized carbons (Fsp3) is 0.259. The molecule has 188 valence electrons. The lowest BCUT2D eigenvalue weighted by Crippen LogP contribution is -2.41. The van der Waals surface area contributed by atoms with Crippen LogP contribution in [-0.2, 0) is 22.6 Å². The second kappa shape index (κ2) is 11.0. The van der Waals surface area contributed by atoms with Crippen molar-refractivity contribution in [2.75, 3.05) is 27.4 Å². The summed E-state index contributed by atoms with van der Waals surface area (Å²) in [6.07, 6.45) is -0.106. The van der Waals surface area contributed by atoms with E-state index in [2.05, 4.69) is 0 Å². The van der Waals surface area contributed by atoms with Gasteiger partial charge in [-0.25, -0.2) is 14.0 Å². The van der Waals surface area contributed by atoms with E-state index in [1.807, 2.05) is 36.4 Å². The van der Waals surface area contributed by atoms with Crippen molar-refractivity contribution in [3.05, 3.63) is 88.7 Å². The summed E-state index contributed by atoms with van der Waals surface area (Å²) in [5.74, 6) is -0.633. The Morgan fingerprint density at radius 2 is 1.69 bits per heavy atom. The van der Waals surface area contributed by atoms with Crippen molar-refractivity contribution in [3.8, 4) is 17.2 Å². The number of hydrogen-bond donors (Lipinski definition) is 1. The summed E-state index contributed by atoms with van der Waals surface area (Å²) < 4.78 is 36.5. The van der Waals surface area contributed by atoms with Crippen molar-refractivity contribution in [1.29, 1.82) is 0 Å². The third-order valence-corrected chi connectivity index (χ3v) is 5.93. The maximum atomic E-state index is 14.5. The summed E-state index contributed by atoms with van der Waals surface area (Å²) in [6, 6.07) is 15.8. The van der Waals surface area contributed by atoms with Gasteiger partial charge in [0.2, 0.25) is 0 Å². The summed E-state index contributed by atoms with van der Waals surface area (Å²) in [7, 11) is 3.03. The van der Waals surface area contributed by atoms with E-state index >= 15 is 0 Å². The highest BCUT2D eigenvalue weighted by Crippen LogP contribution is 2.44. The lowest BCUT2D eigenvalue weighted by atomic mass is 9.87. The van der Waals surface area contributed by atoms with Gasteiger partial charge in [-0.1, -0.05) is 30.3 Å². The molecule has 36 heavy (non-hydrogen) atoms. The zero-order chi connectivity index (χ0) is 25.7. The molecule has 1 aliphatic heterocycles. The molecular formula is C27H26FNO7. The summed E-state index contributed by atoms with van der Waals surface area (Å²) in [5, 5.41) is 9.12. The molecule has 0 saturated carbocycles. The smallest absolute Gasteiger partial charge is 0.410 e. The van der Waals surface area contributed by atoms with Crippen LogP contribution in [-0.4, -0.2) is 49.4 Å². The fourth-order valence-electron chi connectivity index (χ4n) is 4.28. The Labute approximate surface area is 207 Å². The molecule has 1 unspecified atom stereocenters. The standard InChI is InChI=1S/C27H26FNO7/c1-33-23-12-18-10-11-29(27(32)36-15-17-6-4-3-5-7-17)26(20(18)14-24(23)34-2)21-13-19(28)8-9-22(21)35-16-25(30)31/h3-9,12-14,26H,10-11,15-16H2,1-2H3,(H,30,31). The summed E-state index contributed by atoms with van der Waals surface area (Å²) in [5.41, 5.74) is 2.66. The van der Waals surface area contributed by atoms with Crippen LogP contribution in [0.4, 0.5) is 9.18 Å². The zero-order valence-electron chi connectivity index (χ0n) is 19.9. The van der Waals surface area contributed by atoms with Gasteiger partial charge >= 0.3 is 12.1 Å². The minimum Gasteiger partial charge on any atom is -0.493 e. The summed E-state index contributed by atoms with van der Waals surface area (Å²) >= 11 is 0. The number of carbonyl (C=O) groups excluding carboxylic acids is 1. The number of nitrogens with zero attached hydrogens (tertiary/aromatic N) is 1. The number of carboxylic acid groups (broad SMARTS) is 1. The van der Waals surface area contributed by atoms with Crippen LogP contribution in [0.5, 0.6) is 17.2 Å². The molecule has 0 bridgehead atoms. The number of halogens is 1. The predicted octanol–water partition coefficient (Wildman–Crippen LogP) is 4.59. The molecule has 4 rings (SSSR count). The van der Waals surface area contributed by atoms with E-state index in [9.17, 15) is 14.0 Å². The minimum absolute atomic E-state index is 0.0627. The molecule has 9 heteroatoms. The quantitative estimate of drug-likeness (QED) is 0.488. The average molecular weight is 496 g/mol. The van der Waals surface area contributed by atoms with Crippen LogP contribution in [0.1, 0.15) is 28.3 Å². The molecule has 0 radical (unpaired) electrons. The van der Waals surface area contributed by atoms with E-state index in [1.165, 1.54) is 37.3 Å². The number of amides is 1. The van der Waals surface area contributed by atoms with Crippen LogP contribution in [0.3, 0.4) is 0 Å². The van der Waals surface area contributed by atoms with Gasteiger partial charge in [-0.3, -0.25) is 4.90 Å². The van der Waals surface area contributed by atoms with Crippen LogP contribution in [0.2, 0.25) is 0 Å². The first-order chi connectivity index (χ1) is 17.4. The first-order valence-corrected chi connectivity index (χ1v) is 11.3. The van der Waals surface area contributed by atoms with Gasteiger partial charge in [-0.15, -0.1) is 0 Å². The number of aliphatic carboxylic acids is 1. The van der Waals surface area contributed by atoms with Gasteiger partial charge < -0.3 is 24.1 Å². The van der Waals surface area contributed by atoms with Crippen molar-refractivity contribution in [2.24, 2.45) is 0 Å². The Kier molecular flexibility index (Phi) is 7.58. The molecule has 1 N–H and O–H groups in total. The molecule has 0 saturated heterocycles. The highest BCUT2D eigenvalue weighted by atomic mass is 19.1. The van der Waals surface area contributed by atoms with Crippen LogP contribution >= 0.6 is 0 Å². The number of rotatable bonds is 8. The van der Waals surface area contributed by atoms with Gasteiger partial charge in [0, 0.05) is 12.1 Å². The maximum Gasteiger partial charge on any atom is 0.410 e. The van der Waals surface area contributed by atoms with Crippen molar-refractivity contribution < 1.29 is 38.0 Å². The van der Waals surface area contributed by atoms with Gasteiger partial charge in [-0.05, 0) is 53.4 Å². The number of carboxylic acids is 1. The topological polar surface area (TPSA) is 94.5 Å². The minimum atomic E-state index is -1.18. The third-order valence-electron chi connectivity index (χ3n) is 5.93. The molecule has 3 aromatic carbocycles. The van der Waals surface area contributed by atoms with Crippen LogP contribution < -0.4 is 14.2 Å². The number of fused-ring (bicyclic) bond motifs is 1. The van der Waals surface area contributed by atoms with E-state index < -0.39 is 30.5 Å². The lowest BCUT2D eigenvalue weighted by molar-refractivity contribution is -0.139. The normalized spacial score (nSPS) is 14.5. The largest absolute Gasteiger partial charge is 0.493 e. The van der Waals surface area contributed by atoms with E-state index in [0.717, 1.165) is 11.1 Å². The van der Waals surface area contributed by atoms with E-state index in [1.54, 1.807) is 6.07 Å². The average Bonchev–Trinajstić information content (AvgIpc) is 2.89. The molecule has 3 aromatic rings. The van der Waals surface area contributed by atoms with Gasteiger partial charge in [-0.2, -0.15) is 0 Å². The Bertz CT molecular complexity index is 1250. The van der Waals surface area contributed by atoms with Crippen molar-refractivity contribution in [2.45, 2.75) is 19.1 Å². The Morgan fingerprint density at radius 1 is 0.972 bits per heavy atom. The molecule has 1 atom stereocenters. The maximum absolute atomic E-state index is 14.5. The molecule has 1 heterocycles. The Balaban J connectivity index is 1.78. The molecule has 1 aliphatic rings. The van der Waals surface area contributed by atoms with Crippen LogP contribution in [0.25, 0.3) is 0 Å². The predicted molar refractivity (Wildman–Crippen MR) is 128 cm³/mol. The highest BCUT2D eigenvalue weighted by Gasteiger charge is 2.36. The molecular weight excluding hydrogens is 469 g/mol. The van der Waals surface area contributed by atoms with Crippen molar-refractivity contribution in [1.82, 2.24) is 4.90 Å². The summed E-state index contributed by atoms with van der Waals surface area (Å²) in [4.78, 5) is 26.0. The lowest BCUT2D eigenvalue weighted by Gasteiger charge is -2.38. The molecule has 0 aromatic heterocycles. The highest BCUT2D eigenvalue weighted by molar-refractivity contribution is 5.71. The van der Waals surface area contributed by atoms with Crippen molar-refractivity contribution in [3.63, 3.8) is 0 Å². The number of hydrogen-bond acceptors (Lipinski definition) is 6. The van der Waals surface area contributed by atoms with Gasteiger partial charge in [0.25, 0.3) is 0 Å². The summed E-state index contributed by atoms with van der Waals surface area (Å²) in [6.45, 7) is -0.286. The zero-order valence-corrected chi connectivity index (χ0v) is 19.9. The SMILES string of the molecule is COc1cc2c(cc1OC)C(c1cc(F)ccc1OCC(=O)O)N(C(=O)OCc1ccccc1)CC2. The fourth-order valence-corrected chi connectivity index (χ4v) is 4.28. The first-order valence-electron chi connectivity index (χ1n) is 11.3. The Morgan fingerprint density at radius 3 is 2.39 bits per heavy atom. The second-order valence-electron chi connectivity index (χ2n) is 8.16. The first kappa shape index (κ1) is 24.8. The number of methoxy groups -OCH3 is 2. The van der Waals surface area contributed by atoms with Gasteiger partial charge in [0.1, 0.15) is 18.2 Å². The van der Waals surface area contributed by atoms with Crippen LogP contribution in [0.15, 0.2) is 60.7 Å². The van der Waals surface area contributed by atoms with E-state index in [4.69, 9.17) is 24.1 Å². The molecule has 0 aliphatic carbocycles. The molecule has 0 spiro atoms. The van der Waals surface area contributed by atoms with E-state index in [0.29, 0.717) is 29.0 Å². The van der Waals surface area contributed by atoms with E-state index in [-0.39, 0.29) is 18.9 Å². The van der Waals surface area contributed by atoms with Crippen LogP contribution in [0, 0.1) is 5.82 Å². The number of ether oxygens (including phenoxy) is 4. The van der Waals surface area contributed by atoms with Gasteiger partial charge in [0.15, 0.2) is 18.1 Å².